The van der Waals surface area contributed by atoms with E-state index in [2.05, 4.69) is 46.0 Å². The first-order chi connectivity index (χ1) is 10.2. The molecule has 0 amide bonds. The van der Waals surface area contributed by atoms with E-state index >= 15 is 0 Å². The van der Waals surface area contributed by atoms with Gasteiger partial charge in [-0.05, 0) is 33.1 Å². The lowest BCUT2D eigenvalue weighted by Gasteiger charge is -2.09. The molecule has 0 N–H and O–H groups in total. The topological polar surface area (TPSA) is 25.8 Å². The Morgan fingerprint density at radius 3 is 2.62 bits per heavy atom. The fraction of sp³-hybridized carbons (Fsp3) is 0.176. The molecule has 0 aliphatic heterocycles. The fourth-order valence-corrected chi connectivity index (χ4v) is 2.97. The molecule has 106 valence electrons. The summed E-state index contributed by atoms with van der Waals surface area (Å²) in [6.07, 6.45) is 1.89. The third-order valence-electron chi connectivity index (χ3n) is 3.40. The molecule has 0 saturated carbocycles. The van der Waals surface area contributed by atoms with E-state index < -0.39 is 0 Å². The summed E-state index contributed by atoms with van der Waals surface area (Å²) in [7, 11) is 0. The third-order valence-corrected chi connectivity index (χ3v) is 4.73. The van der Waals surface area contributed by atoms with Gasteiger partial charge in [0.1, 0.15) is 5.15 Å². The number of halogens is 2. The van der Waals surface area contributed by atoms with Crippen LogP contribution in [-0.2, 0) is 6.42 Å². The van der Waals surface area contributed by atoms with Crippen molar-refractivity contribution >= 4 is 38.3 Å². The van der Waals surface area contributed by atoms with E-state index in [0.29, 0.717) is 11.0 Å². The highest BCUT2D eigenvalue weighted by Crippen LogP contribution is 2.31. The average Bonchev–Trinajstić information content (AvgIpc) is 2.51. The van der Waals surface area contributed by atoms with Crippen molar-refractivity contribution in [3.8, 4) is 11.4 Å². The summed E-state index contributed by atoms with van der Waals surface area (Å²) in [6, 6.07) is 14.4. The van der Waals surface area contributed by atoms with Gasteiger partial charge in [-0.2, -0.15) is 0 Å². The van der Waals surface area contributed by atoms with Crippen LogP contribution < -0.4 is 0 Å². The smallest absolute Gasteiger partial charge is 0.161 e. The lowest BCUT2D eigenvalue weighted by Crippen LogP contribution is -1.99. The molecule has 3 aromatic rings. The molecule has 4 heteroatoms. The zero-order chi connectivity index (χ0) is 14.8. The van der Waals surface area contributed by atoms with Gasteiger partial charge in [-0.1, -0.05) is 67.4 Å². The molecule has 21 heavy (non-hydrogen) atoms. The van der Waals surface area contributed by atoms with Gasteiger partial charge in [-0.25, -0.2) is 9.97 Å². The molecule has 2 nitrogen and oxygen atoms in total. The van der Waals surface area contributed by atoms with Crippen molar-refractivity contribution in [2.75, 3.05) is 0 Å². The minimum Gasteiger partial charge on any atom is -0.232 e. The van der Waals surface area contributed by atoms with E-state index in [1.54, 1.807) is 0 Å². The van der Waals surface area contributed by atoms with Crippen LogP contribution in [0.15, 0.2) is 46.9 Å². The molecule has 1 aromatic heterocycles. The molecule has 0 aliphatic carbocycles. The highest BCUT2D eigenvalue weighted by molar-refractivity contribution is 9.10. The van der Waals surface area contributed by atoms with Crippen molar-refractivity contribution in [1.82, 2.24) is 9.97 Å². The Morgan fingerprint density at radius 1 is 1.05 bits per heavy atom. The molecular weight excluding hydrogens is 348 g/mol. The van der Waals surface area contributed by atoms with Gasteiger partial charge in [0.25, 0.3) is 0 Å². The number of hydrogen-bond donors (Lipinski definition) is 0. The van der Waals surface area contributed by atoms with Gasteiger partial charge in [0.15, 0.2) is 5.82 Å². The van der Waals surface area contributed by atoms with Crippen LogP contribution in [0.2, 0.25) is 5.15 Å². The minimum atomic E-state index is 0.469. The van der Waals surface area contributed by atoms with Crippen molar-refractivity contribution in [1.29, 1.82) is 0 Å². The maximum absolute atomic E-state index is 6.26. The van der Waals surface area contributed by atoms with Crippen LogP contribution in [-0.4, -0.2) is 9.97 Å². The van der Waals surface area contributed by atoms with Gasteiger partial charge in [-0.15, -0.1) is 0 Å². The van der Waals surface area contributed by atoms with Gasteiger partial charge in [-0.3, -0.25) is 0 Å². The Balaban J connectivity index is 2.23. The van der Waals surface area contributed by atoms with Crippen molar-refractivity contribution in [2.24, 2.45) is 0 Å². The van der Waals surface area contributed by atoms with Crippen LogP contribution in [0.3, 0.4) is 0 Å². The van der Waals surface area contributed by atoms with Crippen molar-refractivity contribution in [2.45, 2.75) is 19.8 Å². The van der Waals surface area contributed by atoms with E-state index in [4.69, 9.17) is 16.6 Å². The van der Waals surface area contributed by atoms with E-state index in [9.17, 15) is 0 Å². The summed E-state index contributed by atoms with van der Waals surface area (Å²) in [5.41, 5.74) is 1.97. The summed E-state index contributed by atoms with van der Waals surface area (Å²) >= 11 is 9.74. The summed E-state index contributed by atoms with van der Waals surface area (Å²) < 4.78 is 0.801. The monoisotopic (exact) mass is 360 g/mol. The summed E-state index contributed by atoms with van der Waals surface area (Å²) in [5, 5.41) is 2.78. The Morgan fingerprint density at radius 2 is 1.81 bits per heavy atom. The van der Waals surface area contributed by atoms with E-state index in [1.165, 1.54) is 5.39 Å². The van der Waals surface area contributed by atoms with Crippen LogP contribution in [0, 0.1) is 0 Å². The molecule has 3 rings (SSSR count). The lowest BCUT2D eigenvalue weighted by atomic mass is 10.0. The van der Waals surface area contributed by atoms with Crippen molar-refractivity contribution in [3.05, 3.63) is 57.8 Å². The number of aryl methyl sites for hydroxylation is 1. The molecule has 0 spiro atoms. The van der Waals surface area contributed by atoms with E-state index in [-0.39, 0.29) is 0 Å². The Labute approximate surface area is 137 Å². The quantitative estimate of drug-likeness (QED) is 0.562. The van der Waals surface area contributed by atoms with Crippen LogP contribution in [0.25, 0.3) is 22.2 Å². The predicted molar refractivity (Wildman–Crippen MR) is 91.7 cm³/mol. The fourth-order valence-electron chi connectivity index (χ4n) is 2.41. The van der Waals surface area contributed by atoms with Gasteiger partial charge >= 0.3 is 0 Å². The molecular formula is C17H14BrClN2. The van der Waals surface area contributed by atoms with Crippen LogP contribution >= 0.6 is 27.5 Å². The SMILES string of the molecule is CCCc1nc(-c2cccc3ccccc23)nc(Cl)c1Br. The Kier molecular flexibility index (Phi) is 4.22. The number of hydrogen-bond acceptors (Lipinski definition) is 2. The molecule has 1 heterocycles. The first kappa shape index (κ1) is 14.5. The molecule has 0 aliphatic rings. The second kappa shape index (κ2) is 6.12. The predicted octanol–water partition coefficient (Wildman–Crippen LogP) is 5.67. The average molecular weight is 362 g/mol. The molecule has 0 saturated heterocycles. The first-order valence-electron chi connectivity index (χ1n) is 6.90. The maximum Gasteiger partial charge on any atom is 0.161 e. The van der Waals surface area contributed by atoms with E-state index in [1.807, 2.05) is 24.3 Å². The number of rotatable bonds is 3. The van der Waals surface area contributed by atoms with Gasteiger partial charge < -0.3 is 0 Å². The van der Waals surface area contributed by atoms with Gasteiger partial charge in [0.05, 0.1) is 10.2 Å². The van der Waals surface area contributed by atoms with Gasteiger partial charge in [0, 0.05) is 5.56 Å². The van der Waals surface area contributed by atoms with Crippen LogP contribution in [0.5, 0.6) is 0 Å². The Bertz CT molecular complexity index is 797. The van der Waals surface area contributed by atoms with Crippen molar-refractivity contribution in [3.63, 3.8) is 0 Å². The molecule has 0 radical (unpaired) electrons. The summed E-state index contributed by atoms with van der Waals surface area (Å²) in [4.78, 5) is 9.14. The zero-order valence-electron chi connectivity index (χ0n) is 11.6. The molecule has 2 aromatic carbocycles. The number of aromatic nitrogens is 2. The van der Waals surface area contributed by atoms with Crippen LogP contribution in [0.1, 0.15) is 19.0 Å². The summed E-state index contributed by atoms with van der Waals surface area (Å²) in [6.45, 7) is 2.13. The third kappa shape index (κ3) is 2.81. The molecule has 0 unspecified atom stereocenters. The molecule has 0 fully saturated rings. The highest BCUT2D eigenvalue weighted by atomic mass is 79.9. The normalized spacial score (nSPS) is 11.0. The maximum atomic E-state index is 6.26. The number of nitrogens with zero attached hydrogens (tertiary/aromatic N) is 2. The number of fused-ring (bicyclic) bond motifs is 1. The minimum absolute atomic E-state index is 0.469. The second-order valence-corrected chi connectivity index (χ2v) is 6.03. The van der Waals surface area contributed by atoms with Gasteiger partial charge in [0.2, 0.25) is 0 Å². The largest absolute Gasteiger partial charge is 0.232 e. The van der Waals surface area contributed by atoms with Crippen LogP contribution in [0.4, 0.5) is 0 Å². The lowest BCUT2D eigenvalue weighted by molar-refractivity contribution is 0.868. The standard InChI is InChI=1S/C17H14BrClN2/c1-2-6-14-15(18)16(19)21-17(20-14)13-10-5-8-11-7-3-4-9-12(11)13/h3-5,7-10H,2,6H2,1H3. The Hall–Kier alpha value is -1.45. The van der Waals surface area contributed by atoms with E-state index in [0.717, 1.165) is 34.0 Å². The highest BCUT2D eigenvalue weighted by Gasteiger charge is 2.13. The number of benzene rings is 2. The first-order valence-corrected chi connectivity index (χ1v) is 8.08. The molecule has 0 atom stereocenters. The zero-order valence-corrected chi connectivity index (χ0v) is 13.9. The summed E-state index contributed by atoms with van der Waals surface area (Å²) in [5.74, 6) is 0.684. The second-order valence-electron chi connectivity index (χ2n) is 4.88. The van der Waals surface area contributed by atoms with Crippen molar-refractivity contribution < 1.29 is 0 Å². The molecule has 0 bridgehead atoms.